The second-order valence-corrected chi connectivity index (χ2v) is 5.78. The van der Waals surface area contributed by atoms with Crippen LogP contribution in [-0.2, 0) is 0 Å². The summed E-state index contributed by atoms with van der Waals surface area (Å²) in [4.78, 5) is 10.2. The highest BCUT2D eigenvalue weighted by molar-refractivity contribution is 5.36. The van der Waals surface area contributed by atoms with E-state index in [9.17, 15) is 10.1 Å². The van der Waals surface area contributed by atoms with Crippen LogP contribution in [0.2, 0.25) is 0 Å². The molecule has 0 spiro atoms. The van der Waals surface area contributed by atoms with Crippen LogP contribution in [0.4, 0.5) is 5.69 Å². The van der Waals surface area contributed by atoms with Crippen LogP contribution in [0.15, 0.2) is 24.3 Å². The minimum absolute atomic E-state index is 0.0923. The Hall–Kier alpha value is -1.58. The van der Waals surface area contributed by atoms with Crippen molar-refractivity contribution in [2.24, 2.45) is 0 Å². The lowest BCUT2D eigenvalue weighted by atomic mass is 9.99. The van der Waals surface area contributed by atoms with Gasteiger partial charge in [-0.1, -0.05) is 32.6 Å². The predicted molar refractivity (Wildman–Crippen MR) is 81.2 cm³/mol. The lowest BCUT2D eigenvalue weighted by molar-refractivity contribution is -0.384. The van der Waals surface area contributed by atoms with E-state index in [1.54, 1.807) is 12.1 Å². The van der Waals surface area contributed by atoms with Gasteiger partial charge in [-0.2, -0.15) is 0 Å². The van der Waals surface area contributed by atoms with Gasteiger partial charge in [-0.25, -0.2) is 0 Å². The first kappa shape index (κ1) is 16.5. The van der Waals surface area contributed by atoms with Gasteiger partial charge in [0, 0.05) is 12.1 Å². The standard InChI is InChI=1S/C16H25NO3/c1-4-5-6-7-8-13-16(2,3)20-15-11-9-14(10-12-15)17(18)19/h9-12H,4-8,13H2,1-3H3. The fraction of sp³-hybridized carbons (Fsp3) is 0.625. The highest BCUT2D eigenvalue weighted by Gasteiger charge is 2.19. The van der Waals surface area contributed by atoms with Gasteiger partial charge in [-0.3, -0.25) is 10.1 Å². The smallest absolute Gasteiger partial charge is 0.269 e. The molecule has 0 radical (unpaired) electrons. The molecule has 0 amide bonds. The van der Waals surface area contributed by atoms with E-state index in [2.05, 4.69) is 20.8 Å². The summed E-state index contributed by atoms with van der Waals surface area (Å²) >= 11 is 0. The SMILES string of the molecule is CCCCCCCC(C)(C)Oc1ccc([N+](=O)[O-])cc1. The number of nitrogens with zero attached hydrogens (tertiary/aromatic N) is 1. The Bertz CT molecular complexity index is 412. The fourth-order valence-corrected chi connectivity index (χ4v) is 2.16. The van der Waals surface area contributed by atoms with Crippen molar-refractivity contribution < 1.29 is 9.66 Å². The number of ether oxygens (including phenoxy) is 1. The van der Waals surface area contributed by atoms with Gasteiger partial charge >= 0.3 is 0 Å². The third-order valence-corrected chi connectivity index (χ3v) is 3.32. The van der Waals surface area contributed by atoms with Crippen molar-refractivity contribution in [3.63, 3.8) is 0 Å². The first-order valence-corrected chi connectivity index (χ1v) is 7.38. The summed E-state index contributed by atoms with van der Waals surface area (Å²) < 4.78 is 5.92. The van der Waals surface area contributed by atoms with Crippen molar-refractivity contribution in [3.05, 3.63) is 34.4 Å². The van der Waals surface area contributed by atoms with Crippen LogP contribution in [0.1, 0.15) is 59.3 Å². The van der Waals surface area contributed by atoms with Gasteiger partial charge in [0.1, 0.15) is 11.4 Å². The van der Waals surface area contributed by atoms with E-state index in [1.165, 1.54) is 37.8 Å². The second kappa shape index (κ2) is 7.88. The van der Waals surface area contributed by atoms with E-state index in [0.717, 1.165) is 12.8 Å². The number of rotatable bonds is 9. The zero-order chi connectivity index (χ0) is 15.0. The van der Waals surface area contributed by atoms with Crippen LogP contribution in [0.25, 0.3) is 0 Å². The van der Waals surface area contributed by atoms with Gasteiger partial charge in [0.05, 0.1) is 4.92 Å². The predicted octanol–water partition coefficient (Wildman–Crippen LogP) is 5.11. The third-order valence-electron chi connectivity index (χ3n) is 3.32. The van der Waals surface area contributed by atoms with Crippen LogP contribution in [0.3, 0.4) is 0 Å². The summed E-state index contributed by atoms with van der Waals surface area (Å²) in [6.45, 7) is 6.34. The van der Waals surface area contributed by atoms with Gasteiger partial charge < -0.3 is 4.74 Å². The van der Waals surface area contributed by atoms with Gasteiger partial charge in [-0.05, 0) is 38.8 Å². The lowest BCUT2D eigenvalue weighted by Gasteiger charge is -2.26. The Balaban J connectivity index is 2.42. The molecule has 0 aliphatic heterocycles. The lowest BCUT2D eigenvalue weighted by Crippen LogP contribution is -2.27. The zero-order valence-electron chi connectivity index (χ0n) is 12.7. The van der Waals surface area contributed by atoms with E-state index in [1.807, 2.05) is 0 Å². The molecule has 0 aliphatic carbocycles. The third kappa shape index (κ3) is 6.04. The average molecular weight is 279 g/mol. The molecule has 0 N–H and O–H groups in total. The maximum absolute atomic E-state index is 10.6. The monoisotopic (exact) mass is 279 g/mol. The zero-order valence-corrected chi connectivity index (χ0v) is 12.7. The highest BCUT2D eigenvalue weighted by atomic mass is 16.6. The molecular formula is C16H25NO3. The summed E-state index contributed by atoms with van der Waals surface area (Å²) in [5.41, 5.74) is -0.141. The largest absolute Gasteiger partial charge is 0.488 e. The molecule has 1 aromatic carbocycles. The first-order valence-electron chi connectivity index (χ1n) is 7.38. The number of nitro benzene ring substituents is 1. The van der Waals surface area contributed by atoms with E-state index < -0.39 is 4.92 Å². The molecule has 0 heterocycles. The molecule has 1 rings (SSSR count). The molecule has 0 unspecified atom stereocenters. The number of hydrogen-bond donors (Lipinski definition) is 0. The van der Waals surface area contributed by atoms with Crippen molar-refractivity contribution in [1.82, 2.24) is 0 Å². The van der Waals surface area contributed by atoms with Gasteiger partial charge in [0.15, 0.2) is 0 Å². The Morgan fingerprint density at radius 1 is 1.10 bits per heavy atom. The molecule has 20 heavy (non-hydrogen) atoms. The molecule has 0 saturated heterocycles. The first-order chi connectivity index (χ1) is 9.44. The van der Waals surface area contributed by atoms with E-state index in [4.69, 9.17) is 4.74 Å². The van der Waals surface area contributed by atoms with Crippen molar-refractivity contribution in [2.75, 3.05) is 0 Å². The van der Waals surface area contributed by atoms with Crippen LogP contribution < -0.4 is 4.74 Å². The summed E-state index contributed by atoms with van der Waals surface area (Å²) in [7, 11) is 0. The summed E-state index contributed by atoms with van der Waals surface area (Å²) in [6, 6.07) is 6.28. The normalized spacial score (nSPS) is 11.3. The topological polar surface area (TPSA) is 52.4 Å². The molecule has 4 heteroatoms. The van der Waals surface area contributed by atoms with Crippen molar-refractivity contribution in [1.29, 1.82) is 0 Å². The Labute approximate surface area is 121 Å². The van der Waals surface area contributed by atoms with Crippen molar-refractivity contribution in [2.45, 2.75) is 64.9 Å². The minimum atomic E-state index is -0.400. The number of unbranched alkanes of at least 4 members (excludes halogenated alkanes) is 4. The fourth-order valence-electron chi connectivity index (χ4n) is 2.16. The molecule has 0 fully saturated rings. The Morgan fingerprint density at radius 2 is 1.70 bits per heavy atom. The molecule has 0 atom stereocenters. The second-order valence-electron chi connectivity index (χ2n) is 5.78. The molecule has 0 aromatic heterocycles. The molecule has 0 bridgehead atoms. The molecule has 0 aliphatic rings. The van der Waals surface area contributed by atoms with Crippen molar-refractivity contribution >= 4 is 5.69 Å². The maximum Gasteiger partial charge on any atom is 0.269 e. The molecule has 0 saturated carbocycles. The van der Waals surface area contributed by atoms with Crippen LogP contribution in [-0.4, -0.2) is 10.5 Å². The molecule has 112 valence electrons. The van der Waals surface area contributed by atoms with E-state index >= 15 is 0 Å². The highest BCUT2D eigenvalue weighted by Crippen LogP contribution is 2.25. The van der Waals surface area contributed by atoms with E-state index in [-0.39, 0.29) is 11.3 Å². The van der Waals surface area contributed by atoms with Gasteiger partial charge in [-0.15, -0.1) is 0 Å². The molecule has 4 nitrogen and oxygen atoms in total. The van der Waals surface area contributed by atoms with Gasteiger partial charge in [0.2, 0.25) is 0 Å². The summed E-state index contributed by atoms with van der Waals surface area (Å²) in [5, 5.41) is 10.6. The summed E-state index contributed by atoms with van der Waals surface area (Å²) in [6.07, 6.45) is 7.21. The number of non-ortho nitro benzene ring substituents is 1. The maximum atomic E-state index is 10.6. The Morgan fingerprint density at radius 3 is 2.25 bits per heavy atom. The summed E-state index contributed by atoms with van der Waals surface area (Å²) in [5.74, 6) is 0.689. The van der Waals surface area contributed by atoms with Crippen molar-refractivity contribution in [3.8, 4) is 5.75 Å². The van der Waals surface area contributed by atoms with E-state index in [0.29, 0.717) is 5.75 Å². The molecule has 1 aromatic rings. The van der Waals surface area contributed by atoms with Crippen LogP contribution in [0, 0.1) is 10.1 Å². The number of nitro groups is 1. The quantitative estimate of drug-likeness (QED) is 0.358. The minimum Gasteiger partial charge on any atom is -0.488 e. The van der Waals surface area contributed by atoms with Gasteiger partial charge in [0.25, 0.3) is 5.69 Å². The van der Waals surface area contributed by atoms with Crippen LogP contribution in [0.5, 0.6) is 5.75 Å². The number of hydrogen-bond acceptors (Lipinski definition) is 3. The van der Waals surface area contributed by atoms with Crippen LogP contribution >= 0.6 is 0 Å². The Kier molecular flexibility index (Phi) is 6.49. The average Bonchev–Trinajstić information content (AvgIpc) is 2.38. The molecular weight excluding hydrogens is 254 g/mol. The number of benzene rings is 1.